The smallest absolute Gasteiger partial charge is 0.254 e. The molecular weight excluding hydrogens is 276 g/mol. The third-order valence-electron chi connectivity index (χ3n) is 3.13. The van der Waals surface area contributed by atoms with Gasteiger partial charge < -0.3 is 5.32 Å². The molecule has 112 valence electrons. The number of aryl methyl sites for hydroxylation is 3. The number of nitrogens with zero attached hydrogens (tertiary/aromatic N) is 2. The third kappa shape index (κ3) is 3.65. The fourth-order valence-electron chi connectivity index (χ4n) is 2.11. The molecule has 0 radical (unpaired) electrons. The van der Waals surface area contributed by atoms with Crippen molar-refractivity contribution in [2.24, 2.45) is 0 Å². The van der Waals surface area contributed by atoms with E-state index in [0.29, 0.717) is 19.5 Å². The molecule has 1 heterocycles. The molecule has 6 heteroatoms. The summed E-state index contributed by atoms with van der Waals surface area (Å²) < 4.78 is 28.3. The van der Waals surface area contributed by atoms with Crippen LogP contribution < -0.4 is 5.32 Å². The number of halogens is 2. The zero-order valence-electron chi connectivity index (χ0n) is 12.0. The van der Waals surface area contributed by atoms with Crippen LogP contribution in [0, 0.1) is 25.5 Å². The van der Waals surface area contributed by atoms with Crippen molar-refractivity contribution in [2.75, 3.05) is 6.54 Å². The van der Waals surface area contributed by atoms with Gasteiger partial charge in [-0.05, 0) is 38.5 Å². The monoisotopic (exact) mass is 293 g/mol. The number of hydrogen-bond donors (Lipinski definition) is 1. The Bertz CT molecular complexity index is 652. The molecular formula is C15H17F2N3O. The highest BCUT2D eigenvalue weighted by molar-refractivity contribution is 5.94. The average Bonchev–Trinajstić information content (AvgIpc) is 2.76. The number of aromatic nitrogens is 2. The van der Waals surface area contributed by atoms with Crippen LogP contribution >= 0.6 is 0 Å². The maximum absolute atomic E-state index is 13.4. The summed E-state index contributed by atoms with van der Waals surface area (Å²) in [6, 6.07) is 5.52. The molecule has 0 spiro atoms. The van der Waals surface area contributed by atoms with Gasteiger partial charge in [0.25, 0.3) is 5.91 Å². The van der Waals surface area contributed by atoms with Crippen molar-refractivity contribution in [3.05, 3.63) is 52.9 Å². The second-order valence-electron chi connectivity index (χ2n) is 4.86. The minimum atomic E-state index is -1.12. The van der Waals surface area contributed by atoms with E-state index in [-0.39, 0.29) is 5.56 Å². The molecule has 4 nitrogen and oxygen atoms in total. The van der Waals surface area contributed by atoms with Crippen molar-refractivity contribution in [3.63, 3.8) is 0 Å². The highest BCUT2D eigenvalue weighted by Crippen LogP contribution is 2.11. The van der Waals surface area contributed by atoms with Gasteiger partial charge in [0, 0.05) is 18.8 Å². The van der Waals surface area contributed by atoms with Crippen LogP contribution in [-0.2, 0) is 6.54 Å². The van der Waals surface area contributed by atoms with Crippen molar-refractivity contribution in [2.45, 2.75) is 26.8 Å². The standard InChI is InChI=1S/C15H17F2N3O/c1-10-9-11(2)20(19-10)8-4-7-18-15(21)12-5-3-6-13(16)14(12)17/h3,5-6,9H,4,7-8H2,1-2H3,(H,18,21). The van der Waals surface area contributed by atoms with Crippen LogP contribution in [0.2, 0.25) is 0 Å². The molecule has 0 bridgehead atoms. The zero-order chi connectivity index (χ0) is 15.4. The third-order valence-corrected chi connectivity index (χ3v) is 3.13. The number of benzene rings is 1. The van der Waals surface area contributed by atoms with E-state index in [4.69, 9.17) is 0 Å². The van der Waals surface area contributed by atoms with Gasteiger partial charge in [-0.25, -0.2) is 8.78 Å². The first-order valence-corrected chi connectivity index (χ1v) is 6.72. The van der Waals surface area contributed by atoms with Crippen LogP contribution in [0.25, 0.3) is 0 Å². The van der Waals surface area contributed by atoms with Gasteiger partial charge in [-0.2, -0.15) is 5.10 Å². The van der Waals surface area contributed by atoms with Crippen molar-refractivity contribution >= 4 is 5.91 Å². The lowest BCUT2D eigenvalue weighted by molar-refractivity contribution is 0.0947. The summed E-state index contributed by atoms with van der Waals surface area (Å²) in [7, 11) is 0. The van der Waals surface area contributed by atoms with E-state index < -0.39 is 17.5 Å². The van der Waals surface area contributed by atoms with Crippen molar-refractivity contribution in [1.29, 1.82) is 0 Å². The summed E-state index contributed by atoms with van der Waals surface area (Å²) >= 11 is 0. The number of amides is 1. The topological polar surface area (TPSA) is 46.9 Å². The van der Waals surface area contributed by atoms with E-state index in [1.165, 1.54) is 12.1 Å². The predicted molar refractivity (Wildman–Crippen MR) is 75.0 cm³/mol. The Hall–Kier alpha value is -2.24. The molecule has 1 N–H and O–H groups in total. The molecule has 0 aliphatic heterocycles. The second-order valence-corrected chi connectivity index (χ2v) is 4.86. The lowest BCUT2D eigenvalue weighted by Crippen LogP contribution is -2.26. The summed E-state index contributed by atoms with van der Waals surface area (Å²) in [6.07, 6.45) is 0.657. The number of hydrogen-bond acceptors (Lipinski definition) is 2. The lowest BCUT2D eigenvalue weighted by atomic mass is 10.2. The van der Waals surface area contributed by atoms with Crippen LogP contribution in [0.15, 0.2) is 24.3 Å². The van der Waals surface area contributed by atoms with E-state index >= 15 is 0 Å². The number of nitrogens with one attached hydrogen (secondary N) is 1. The molecule has 1 amide bonds. The average molecular weight is 293 g/mol. The molecule has 0 saturated carbocycles. The molecule has 0 aliphatic carbocycles. The summed E-state index contributed by atoms with van der Waals surface area (Å²) in [5.74, 6) is -2.75. The molecule has 21 heavy (non-hydrogen) atoms. The summed E-state index contributed by atoms with van der Waals surface area (Å²) in [6.45, 7) is 4.90. The minimum absolute atomic E-state index is 0.277. The Morgan fingerprint density at radius 1 is 1.33 bits per heavy atom. The van der Waals surface area contributed by atoms with E-state index in [1.807, 2.05) is 24.6 Å². The van der Waals surface area contributed by atoms with Gasteiger partial charge in [-0.15, -0.1) is 0 Å². The van der Waals surface area contributed by atoms with Gasteiger partial charge in [0.15, 0.2) is 11.6 Å². The molecule has 2 aromatic rings. The first-order valence-electron chi connectivity index (χ1n) is 6.72. The van der Waals surface area contributed by atoms with Crippen molar-refractivity contribution < 1.29 is 13.6 Å². The molecule has 0 aliphatic rings. The van der Waals surface area contributed by atoms with Crippen LogP contribution in [0.5, 0.6) is 0 Å². The lowest BCUT2D eigenvalue weighted by Gasteiger charge is -2.07. The first kappa shape index (κ1) is 15.2. The molecule has 2 rings (SSSR count). The number of carbonyl (C=O) groups excluding carboxylic acids is 1. The van der Waals surface area contributed by atoms with E-state index in [2.05, 4.69) is 10.4 Å². The summed E-state index contributed by atoms with van der Waals surface area (Å²) in [4.78, 5) is 11.8. The fourth-order valence-corrected chi connectivity index (χ4v) is 2.11. The van der Waals surface area contributed by atoms with E-state index in [9.17, 15) is 13.6 Å². The SMILES string of the molecule is Cc1cc(C)n(CCCNC(=O)c2cccc(F)c2F)n1. The van der Waals surface area contributed by atoms with Gasteiger partial charge in [0.2, 0.25) is 0 Å². The Morgan fingerprint density at radius 2 is 2.10 bits per heavy atom. The van der Waals surface area contributed by atoms with Gasteiger partial charge in [-0.3, -0.25) is 9.48 Å². The van der Waals surface area contributed by atoms with Crippen molar-refractivity contribution in [3.8, 4) is 0 Å². The maximum atomic E-state index is 13.4. The Balaban J connectivity index is 1.85. The van der Waals surface area contributed by atoms with Gasteiger partial charge in [0.05, 0.1) is 11.3 Å². The highest BCUT2D eigenvalue weighted by Gasteiger charge is 2.14. The number of carbonyl (C=O) groups is 1. The van der Waals surface area contributed by atoms with Gasteiger partial charge >= 0.3 is 0 Å². The quantitative estimate of drug-likeness (QED) is 0.861. The summed E-state index contributed by atoms with van der Waals surface area (Å²) in [5.41, 5.74) is 1.72. The molecule has 0 saturated heterocycles. The highest BCUT2D eigenvalue weighted by atomic mass is 19.2. The van der Waals surface area contributed by atoms with E-state index in [1.54, 1.807) is 0 Å². The Morgan fingerprint density at radius 3 is 2.76 bits per heavy atom. The Kier molecular flexibility index (Phi) is 4.67. The molecule has 0 atom stereocenters. The van der Waals surface area contributed by atoms with Crippen molar-refractivity contribution in [1.82, 2.24) is 15.1 Å². The molecule has 1 aromatic heterocycles. The first-order chi connectivity index (χ1) is 9.99. The molecule has 0 fully saturated rings. The normalized spacial score (nSPS) is 10.7. The predicted octanol–water partition coefficient (Wildman–Crippen LogP) is 2.60. The molecule has 1 aromatic carbocycles. The second kappa shape index (κ2) is 6.47. The Labute approximate surface area is 121 Å². The van der Waals surface area contributed by atoms with Crippen LogP contribution in [0.1, 0.15) is 28.2 Å². The maximum Gasteiger partial charge on any atom is 0.254 e. The zero-order valence-corrected chi connectivity index (χ0v) is 12.0. The van der Waals surface area contributed by atoms with Crippen LogP contribution in [0.3, 0.4) is 0 Å². The fraction of sp³-hybridized carbons (Fsp3) is 0.333. The van der Waals surface area contributed by atoms with Crippen LogP contribution in [0.4, 0.5) is 8.78 Å². The van der Waals surface area contributed by atoms with Gasteiger partial charge in [-0.1, -0.05) is 6.07 Å². The van der Waals surface area contributed by atoms with Gasteiger partial charge in [0.1, 0.15) is 0 Å². The summed E-state index contributed by atoms with van der Waals surface area (Å²) in [5, 5.41) is 6.88. The number of rotatable bonds is 5. The largest absolute Gasteiger partial charge is 0.352 e. The molecule has 0 unspecified atom stereocenters. The minimum Gasteiger partial charge on any atom is -0.352 e. The van der Waals surface area contributed by atoms with Crippen LogP contribution in [-0.4, -0.2) is 22.2 Å². The van der Waals surface area contributed by atoms with E-state index in [0.717, 1.165) is 17.5 Å².